The second kappa shape index (κ2) is 6.31. The zero-order chi connectivity index (χ0) is 18.4. The Labute approximate surface area is 156 Å². The highest BCUT2D eigenvalue weighted by Gasteiger charge is 2.38. The van der Waals surface area contributed by atoms with E-state index in [2.05, 4.69) is 30.9 Å². The Morgan fingerprint density at radius 3 is 2.64 bits per heavy atom. The monoisotopic (exact) mass is 374 g/mol. The quantitative estimate of drug-likeness (QED) is 0.648. The molecule has 2 aliphatic rings. The molecule has 130 valence electrons. The van der Waals surface area contributed by atoms with Crippen LogP contribution in [0, 0.1) is 0 Å². The predicted octanol–water partition coefficient (Wildman–Crippen LogP) is 3.13. The minimum absolute atomic E-state index is 0.185. The molecule has 7 heteroatoms. The molecule has 0 radical (unpaired) electrons. The number of likely N-dealkylation sites (N-methyl/N-ethyl adjacent to an activating group) is 1. The number of thioether (sulfide) groups is 1. The van der Waals surface area contributed by atoms with Crippen LogP contribution < -0.4 is 4.90 Å². The number of carbonyl (C=O) groups excluding carboxylic acids is 1. The number of aliphatic carboxylic acids is 1. The Morgan fingerprint density at radius 1 is 1.32 bits per heavy atom. The van der Waals surface area contributed by atoms with Crippen LogP contribution in [0.5, 0.6) is 0 Å². The zero-order valence-electron chi connectivity index (χ0n) is 14.1. The average molecular weight is 374 g/mol. The van der Waals surface area contributed by atoms with Crippen molar-refractivity contribution >= 4 is 45.9 Å². The first-order valence-electron chi connectivity index (χ1n) is 7.74. The number of carboxylic acid groups (broad SMARTS) is 1. The number of allylic oxidation sites excluding steroid dienone is 3. The first-order valence-corrected chi connectivity index (χ1v) is 8.97. The highest BCUT2D eigenvalue weighted by molar-refractivity contribution is 8.26. The number of hydrogen-bond donors (Lipinski definition) is 1. The molecule has 1 saturated heterocycles. The number of amides is 1. The molecule has 1 N–H and O–H groups in total. The third-order valence-electron chi connectivity index (χ3n) is 4.50. The lowest BCUT2D eigenvalue weighted by molar-refractivity contribution is -0.140. The molecule has 0 aliphatic carbocycles. The van der Waals surface area contributed by atoms with E-state index in [0.29, 0.717) is 4.91 Å². The Hall–Kier alpha value is -2.12. The van der Waals surface area contributed by atoms with Gasteiger partial charge in [0.2, 0.25) is 0 Å². The Balaban J connectivity index is 1.92. The summed E-state index contributed by atoms with van der Waals surface area (Å²) in [6, 6.07) is 8.21. The molecule has 1 aromatic rings. The van der Waals surface area contributed by atoms with Crippen molar-refractivity contribution in [1.82, 2.24) is 4.90 Å². The number of nitrogens with zero attached hydrogens (tertiary/aromatic N) is 2. The number of benzene rings is 1. The van der Waals surface area contributed by atoms with Gasteiger partial charge in [0.1, 0.15) is 10.9 Å². The maximum Gasteiger partial charge on any atom is 0.323 e. The highest BCUT2D eigenvalue weighted by atomic mass is 32.2. The van der Waals surface area contributed by atoms with Gasteiger partial charge in [-0.15, -0.1) is 0 Å². The SMILES string of the molecule is CN1/C(=C\C=C2/SC(=S)N(CC(=O)O)C2=O)C(C)(C)c2ccccc21. The Kier molecular flexibility index (Phi) is 4.47. The van der Waals surface area contributed by atoms with E-state index in [9.17, 15) is 9.59 Å². The molecule has 0 aromatic heterocycles. The number of para-hydroxylation sites is 1. The van der Waals surface area contributed by atoms with Crippen LogP contribution in [0.4, 0.5) is 5.69 Å². The van der Waals surface area contributed by atoms with Crippen molar-refractivity contribution in [3.8, 4) is 0 Å². The standard InChI is InChI=1S/C18H18N2O3S2/c1-18(2)11-6-4-5-7-12(11)19(3)14(18)9-8-13-16(23)20(10-15(21)22)17(24)25-13/h4-9H,10H2,1-3H3,(H,21,22)/b13-8-,14-9-. The van der Waals surface area contributed by atoms with Crippen molar-refractivity contribution in [3.63, 3.8) is 0 Å². The maximum atomic E-state index is 12.4. The normalized spacial score (nSPS) is 22.2. The smallest absolute Gasteiger partial charge is 0.323 e. The van der Waals surface area contributed by atoms with E-state index in [0.717, 1.165) is 28.0 Å². The molecule has 1 fully saturated rings. The highest BCUT2D eigenvalue weighted by Crippen LogP contribution is 2.46. The fourth-order valence-corrected chi connectivity index (χ4v) is 4.44. The van der Waals surface area contributed by atoms with E-state index in [4.69, 9.17) is 17.3 Å². The molecular weight excluding hydrogens is 356 g/mol. The third kappa shape index (κ3) is 2.98. The van der Waals surface area contributed by atoms with Gasteiger partial charge >= 0.3 is 5.97 Å². The number of rotatable bonds is 3. The van der Waals surface area contributed by atoms with E-state index >= 15 is 0 Å². The van der Waals surface area contributed by atoms with Gasteiger partial charge < -0.3 is 10.0 Å². The van der Waals surface area contributed by atoms with Crippen LogP contribution >= 0.6 is 24.0 Å². The topological polar surface area (TPSA) is 60.9 Å². The molecule has 3 rings (SSSR count). The lowest BCUT2D eigenvalue weighted by Gasteiger charge is -2.23. The molecule has 1 aromatic carbocycles. The number of carboxylic acids is 1. The Bertz CT molecular complexity index is 842. The zero-order valence-corrected chi connectivity index (χ0v) is 15.8. The average Bonchev–Trinajstić information content (AvgIpc) is 2.92. The number of thiocarbonyl (C=S) groups is 1. The first kappa shape index (κ1) is 17.7. The number of fused-ring (bicyclic) bond motifs is 1. The van der Waals surface area contributed by atoms with Crippen molar-refractivity contribution in [3.05, 3.63) is 52.6 Å². The molecule has 0 unspecified atom stereocenters. The molecule has 5 nitrogen and oxygen atoms in total. The molecule has 2 aliphatic heterocycles. The summed E-state index contributed by atoms with van der Waals surface area (Å²) in [5, 5.41) is 8.90. The van der Waals surface area contributed by atoms with E-state index in [1.54, 1.807) is 6.08 Å². The van der Waals surface area contributed by atoms with Crippen molar-refractivity contribution in [2.75, 3.05) is 18.5 Å². The first-order chi connectivity index (χ1) is 11.7. The van der Waals surface area contributed by atoms with Crippen molar-refractivity contribution < 1.29 is 14.7 Å². The molecule has 0 spiro atoms. The van der Waals surface area contributed by atoms with Crippen LogP contribution in [0.15, 0.2) is 47.0 Å². The van der Waals surface area contributed by atoms with Crippen molar-refractivity contribution in [1.29, 1.82) is 0 Å². The molecule has 0 saturated carbocycles. The minimum Gasteiger partial charge on any atom is -0.480 e. The van der Waals surface area contributed by atoms with Crippen LogP contribution in [0.3, 0.4) is 0 Å². The van der Waals surface area contributed by atoms with E-state index in [-0.39, 0.29) is 15.6 Å². The van der Waals surface area contributed by atoms with E-state index in [1.165, 1.54) is 5.56 Å². The van der Waals surface area contributed by atoms with Crippen LogP contribution in [-0.2, 0) is 15.0 Å². The van der Waals surface area contributed by atoms with E-state index < -0.39 is 12.5 Å². The van der Waals surface area contributed by atoms with Gasteiger partial charge in [0.25, 0.3) is 5.91 Å². The van der Waals surface area contributed by atoms with Gasteiger partial charge in [-0.25, -0.2) is 0 Å². The van der Waals surface area contributed by atoms with Gasteiger partial charge in [-0.3, -0.25) is 14.5 Å². The largest absolute Gasteiger partial charge is 0.480 e. The summed E-state index contributed by atoms with van der Waals surface area (Å²) >= 11 is 6.25. The summed E-state index contributed by atoms with van der Waals surface area (Å²) in [7, 11) is 2.00. The predicted molar refractivity (Wildman–Crippen MR) is 104 cm³/mol. The molecule has 1 amide bonds. The summed E-state index contributed by atoms with van der Waals surface area (Å²) < 4.78 is 0.277. The fourth-order valence-electron chi connectivity index (χ4n) is 3.24. The van der Waals surface area contributed by atoms with Gasteiger partial charge in [-0.05, 0) is 23.8 Å². The Morgan fingerprint density at radius 2 is 2.00 bits per heavy atom. The lowest BCUT2D eigenvalue weighted by atomic mass is 9.84. The minimum atomic E-state index is -1.08. The van der Waals surface area contributed by atoms with Crippen molar-refractivity contribution in [2.24, 2.45) is 0 Å². The van der Waals surface area contributed by atoms with Crippen LogP contribution in [-0.4, -0.2) is 39.8 Å². The molecule has 25 heavy (non-hydrogen) atoms. The summed E-state index contributed by atoms with van der Waals surface area (Å²) in [6.45, 7) is 3.88. The van der Waals surface area contributed by atoms with Gasteiger partial charge in [-0.2, -0.15) is 0 Å². The number of anilines is 1. The summed E-state index contributed by atoms with van der Waals surface area (Å²) in [6.07, 6.45) is 3.66. The van der Waals surface area contributed by atoms with Gasteiger partial charge in [0.15, 0.2) is 0 Å². The third-order valence-corrected chi connectivity index (χ3v) is 5.90. The fraction of sp³-hybridized carbons (Fsp3) is 0.278. The number of hydrogen-bond acceptors (Lipinski definition) is 5. The van der Waals surface area contributed by atoms with Gasteiger partial charge in [-0.1, -0.05) is 56.0 Å². The molecule has 0 bridgehead atoms. The summed E-state index contributed by atoms with van der Waals surface area (Å²) in [5.74, 6) is -1.44. The second-order valence-corrected chi connectivity index (χ2v) is 8.11. The van der Waals surface area contributed by atoms with E-state index in [1.807, 2.05) is 25.3 Å². The molecule has 2 heterocycles. The van der Waals surface area contributed by atoms with Gasteiger partial charge in [0, 0.05) is 23.8 Å². The number of carbonyl (C=O) groups is 2. The molecular formula is C18H18N2O3S2. The maximum absolute atomic E-state index is 12.4. The van der Waals surface area contributed by atoms with Gasteiger partial charge in [0.05, 0.1) is 4.91 Å². The van der Waals surface area contributed by atoms with Crippen LogP contribution in [0.25, 0.3) is 0 Å². The summed E-state index contributed by atoms with van der Waals surface area (Å²) in [5.41, 5.74) is 3.26. The van der Waals surface area contributed by atoms with Crippen LogP contribution in [0.2, 0.25) is 0 Å². The lowest BCUT2D eigenvalue weighted by Crippen LogP contribution is -2.33. The summed E-state index contributed by atoms with van der Waals surface area (Å²) in [4.78, 5) is 26.9. The molecule has 0 atom stereocenters. The van der Waals surface area contributed by atoms with Crippen LogP contribution in [0.1, 0.15) is 19.4 Å². The second-order valence-electron chi connectivity index (χ2n) is 6.44. The van der Waals surface area contributed by atoms with Crippen molar-refractivity contribution in [2.45, 2.75) is 19.3 Å².